The second kappa shape index (κ2) is 13.5. The van der Waals surface area contributed by atoms with Crippen LogP contribution in [0.3, 0.4) is 0 Å². The van der Waals surface area contributed by atoms with Gasteiger partial charge in [0.25, 0.3) is 0 Å². The minimum absolute atomic E-state index is 0.106. The van der Waals surface area contributed by atoms with Gasteiger partial charge in [0.15, 0.2) is 0 Å². The van der Waals surface area contributed by atoms with Crippen LogP contribution in [0.15, 0.2) is 54.6 Å². The van der Waals surface area contributed by atoms with Crippen LogP contribution < -0.4 is 4.74 Å². The first-order valence-electron chi connectivity index (χ1n) is 15.2. The summed E-state index contributed by atoms with van der Waals surface area (Å²) >= 11 is 0. The Morgan fingerprint density at radius 1 is 0.763 bits per heavy atom. The van der Waals surface area contributed by atoms with E-state index in [1.165, 1.54) is 55.2 Å². The minimum atomic E-state index is -0.106. The van der Waals surface area contributed by atoms with Crippen molar-refractivity contribution in [2.24, 2.45) is 11.8 Å². The molecule has 38 heavy (non-hydrogen) atoms. The molecule has 1 saturated carbocycles. The number of hydrogen-bond donors (Lipinski definition) is 0. The van der Waals surface area contributed by atoms with Crippen molar-refractivity contribution < 1.29 is 9.13 Å². The molecule has 0 aliphatic heterocycles. The van der Waals surface area contributed by atoms with Crippen LogP contribution in [-0.4, -0.2) is 6.61 Å². The van der Waals surface area contributed by atoms with Crippen LogP contribution in [0.4, 0.5) is 4.39 Å². The molecule has 0 unspecified atom stereocenters. The SMILES string of the molecule is CCc1cc(-c2ccc(-c3ccc(C4CCC(C)CC4)cc3F)cc2)cc(CC)c1OCCC(CC)CC. The third-order valence-electron chi connectivity index (χ3n) is 8.94. The van der Waals surface area contributed by atoms with Crippen LogP contribution in [0.2, 0.25) is 0 Å². The average Bonchev–Trinajstić information content (AvgIpc) is 2.95. The van der Waals surface area contributed by atoms with E-state index in [9.17, 15) is 0 Å². The van der Waals surface area contributed by atoms with E-state index in [-0.39, 0.29) is 5.82 Å². The number of halogens is 1. The zero-order valence-corrected chi connectivity index (χ0v) is 24.3. The number of hydrogen-bond acceptors (Lipinski definition) is 1. The summed E-state index contributed by atoms with van der Waals surface area (Å²) in [5, 5.41) is 0. The maximum atomic E-state index is 15.2. The molecule has 0 aromatic heterocycles. The molecule has 0 bridgehead atoms. The Kier molecular flexibility index (Phi) is 10.1. The van der Waals surface area contributed by atoms with E-state index in [0.717, 1.165) is 60.1 Å². The summed E-state index contributed by atoms with van der Waals surface area (Å²) in [5.41, 5.74) is 7.70. The highest BCUT2D eigenvalue weighted by Gasteiger charge is 2.21. The Morgan fingerprint density at radius 2 is 1.37 bits per heavy atom. The van der Waals surface area contributed by atoms with Gasteiger partial charge in [0, 0.05) is 5.56 Å². The van der Waals surface area contributed by atoms with Gasteiger partial charge < -0.3 is 4.74 Å². The molecule has 0 radical (unpaired) electrons. The maximum Gasteiger partial charge on any atom is 0.131 e. The van der Waals surface area contributed by atoms with Gasteiger partial charge in [0.2, 0.25) is 0 Å². The lowest BCUT2D eigenvalue weighted by Crippen LogP contribution is -2.11. The van der Waals surface area contributed by atoms with Gasteiger partial charge in [0.1, 0.15) is 11.6 Å². The molecule has 0 atom stereocenters. The number of rotatable bonds is 11. The van der Waals surface area contributed by atoms with E-state index in [1.807, 2.05) is 6.07 Å². The first-order valence-corrected chi connectivity index (χ1v) is 15.2. The summed E-state index contributed by atoms with van der Waals surface area (Å²) in [6, 6.07) is 18.9. The summed E-state index contributed by atoms with van der Waals surface area (Å²) < 4.78 is 21.6. The van der Waals surface area contributed by atoms with E-state index >= 15 is 4.39 Å². The highest BCUT2D eigenvalue weighted by Crippen LogP contribution is 2.38. The number of aryl methyl sites for hydroxylation is 2. The standard InChI is InChI=1S/C36H47FO/c1-6-26(7-2)20-21-38-36-27(8-3)22-33(23-28(36)9-4)30-14-16-31(17-15-30)34-19-18-32(24-35(34)37)29-12-10-25(5)11-13-29/h14-19,22-26,29H,6-13,20-21H2,1-5H3. The summed E-state index contributed by atoms with van der Waals surface area (Å²) in [6.07, 6.45) is 10.3. The second-order valence-electron chi connectivity index (χ2n) is 11.4. The first-order chi connectivity index (χ1) is 18.5. The van der Waals surface area contributed by atoms with E-state index < -0.39 is 0 Å². The number of ether oxygens (including phenoxy) is 1. The van der Waals surface area contributed by atoms with Crippen molar-refractivity contribution in [3.8, 4) is 28.0 Å². The average molecular weight is 515 g/mol. The van der Waals surface area contributed by atoms with Crippen LogP contribution in [0.1, 0.15) is 102 Å². The maximum absolute atomic E-state index is 15.2. The molecule has 0 N–H and O–H groups in total. The van der Waals surface area contributed by atoms with Gasteiger partial charge in [-0.2, -0.15) is 0 Å². The van der Waals surface area contributed by atoms with Crippen molar-refractivity contribution in [2.45, 2.75) is 98.3 Å². The molecule has 0 spiro atoms. The highest BCUT2D eigenvalue weighted by atomic mass is 19.1. The Bertz CT molecular complexity index is 1140. The van der Waals surface area contributed by atoms with E-state index in [0.29, 0.717) is 11.5 Å². The van der Waals surface area contributed by atoms with Crippen molar-refractivity contribution >= 4 is 0 Å². The fraction of sp³-hybridized carbons (Fsp3) is 0.500. The van der Waals surface area contributed by atoms with Crippen LogP contribution in [0.25, 0.3) is 22.3 Å². The summed E-state index contributed by atoms with van der Waals surface area (Å²) in [7, 11) is 0. The monoisotopic (exact) mass is 514 g/mol. The van der Waals surface area contributed by atoms with Gasteiger partial charge in [-0.05, 0) is 101 Å². The van der Waals surface area contributed by atoms with Crippen LogP contribution in [-0.2, 0) is 12.8 Å². The van der Waals surface area contributed by atoms with Gasteiger partial charge in [-0.15, -0.1) is 0 Å². The third kappa shape index (κ3) is 6.68. The van der Waals surface area contributed by atoms with E-state index in [4.69, 9.17) is 4.74 Å². The predicted octanol–water partition coefficient (Wildman–Crippen LogP) is 10.8. The molecule has 3 aromatic rings. The summed E-state index contributed by atoms with van der Waals surface area (Å²) in [4.78, 5) is 0. The predicted molar refractivity (Wildman–Crippen MR) is 161 cm³/mol. The molecule has 0 heterocycles. The lowest BCUT2D eigenvalue weighted by Gasteiger charge is -2.26. The van der Waals surface area contributed by atoms with Crippen molar-refractivity contribution in [3.63, 3.8) is 0 Å². The van der Waals surface area contributed by atoms with Crippen molar-refractivity contribution in [3.05, 3.63) is 77.1 Å². The van der Waals surface area contributed by atoms with Crippen LogP contribution >= 0.6 is 0 Å². The van der Waals surface area contributed by atoms with Crippen molar-refractivity contribution in [1.82, 2.24) is 0 Å². The number of benzene rings is 3. The van der Waals surface area contributed by atoms with E-state index in [1.54, 1.807) is 6.07 Å². The molecule has 4 rings (SSSR count). The normalized spacial score (nSPS) is 17.7. The summed E-state index contributed by atoms with van der Waals surface area (Å²) in [5.74, 6) is 3.02. The van der Waals surface area contributed by atoms with Crippen molar-refractivity contribution in [2.75, 3.05) is 6.61 Å². The smallest absolute Gasteiger partial charge is 0.131 e. The quantitative estimate of drug-likeness (QED) is 0.247. The Hall–Kier alpha value is -2.61. The second-order valence-corrected chi connectivity index (χ2v) is 11.4. The van der Waals surface area contributed by atoms with E-state index in [2.05, 4.69) is 77.1 Å². The molecule has 204 valence electrons. The lowest BCUT2D eigenvalue weighted by molar-refractivity contribution is 0.268. The van der Waals surface area contributed by atoms with Crippen LogP contribution in [0.5, 0.6) is 5.75 Å². The van der Waals surface area contributed by atoms with Gasteiger partial charge >= 0.3 is 0 Å². The lowest BCUT2D eigenvalue weighted by atomic mass is 9.79. The van der Waals surface area contributed by atoms with Crippen LogP contribution in [0, 0.1) is 17.7 Å². The van der Waals surface area contributed by atoms with Gasteiger partial charge in [0.05, 0.1) is 6.61 Å². The molecule has 2 heteroatoms. The molecular formula is C36H47FO. The first kappa shape index (κ1) is 28.4. The fourth-order valence-corrected chi connectivity index (χ4v) is 6.11. The molecular weight excluding hydrogens is 467 g/mol. The largest absolute Gasteiger partial charge is 0.493 e. The van der Waals surface area contributed by atoms with Gasteiger partial charge in [-0.3, -0.25) is 0 Å². The Morgan fingerprint density at radius 3 is 1.92 bits per heavy atom. The molecule has 1 nitrogen and oxygen atoms in total. The molecule has 1 fully saturated rings. The topological polar surface area (TPSA) is 9.23 Å². The third-order valence-corrected chi connectivity index (χ3v) is 8.94. The zero-order valence-electron chi connectivity index (χ0n) is 24.3. The van der Waals surface area contributed by atoms with Gasteiger partial charge in [-0.1, -0.05) is 96.7 Å². The molecule has 0 saturated heterocycles. The Balaban J connectivity index is 1.52. The fourth-order valence-electron chi connectivity index (χ4n) is 6.11. The molecule has 1 aliphatic carbocycles. The Labute approximate surface area is 230 Å². The molecule has 3 aromatic carbocycles. The summed E-state index contributed by atoms with van der Waals surface area (Å²) in [6.45, 7) is 12.1. The van der Waals surface area contributed by atoms with Crippen molar-refractivity contribution in [1.29, 1.82) is 0 Å². The highest BCUT2D eigenvalue weighted by molar-refractivity contribution is 5.72. The molecule has 1 aliphatic rings. The minimum Gasteiger partial charge on any atom is -0.493 e. The zero-order chi connectivity index (χ0) is 27.1. The van der Waals surface area contributed by atoms with Gasteiger partial charge in [-0.25, -0.2) is 4.39 Å². The molecule has 0 amide bonds.